The summed E-state index contributed by atoms with van der Waals surface area (Å²) in [6.45, 7) is 3.76. The molecule has 0 spiro atoms. The molecule has 5 heteroatoms. The van der Waals surface area contributed by atoms with Gasteiger partial charge in [0.25, 0.3) is 5.91 Å². The number of benzene rings is 1. The maximum atomic E-state index is 11.8. The van der Waals surface area contributed by atoms with Crippen molar-refractivity contribution in [3.05, 3.63) is 47.9 Å². The Morgan fingerprint density at radius 2 is 2.00 bits per heavy atom. The van der Waals surface area contributed by atoms with Gasteiger partial charge in [-0.3, -0.25) is 4.79 Å². The molecular weight excluding hydrogens is 254 g/mol. The highest BCUT2D eigenvalue weighted by molar-refractivity contribution is 5.90. The van der Waals surface area contributed by atoms with Crippen molar-refractivity contribution in [3.63, 3.8) is 0 Å². The summed E-state index contributed by atoms with van der Waals surface area (Å²) in [6.07, 6.45) is 0.798. The van der Waals surface area contributed by atoms with Crippen LogP contribution in [0.25, 0.3) is 0 Å². The summed E-state index contributed by atoms with van der Waals surface area (Å²) < 4.78 is 5.37. The van der Waals surface area contributed by atoms with Crippen LogP contribution in [0.1, 0.15) is 18.4 Å². The van der Waals surface area contributed by atoms with Gasteiger partial charge in [-0.05, 0) is 25.5 Å². The Bertz CT molecular complexity index is 585. The number of para-hydroxylation sites is 1. The van der Waals surface area contributed by atoms with E-state index in [0.717, 1.165) is 12.1 Å². The fraction of sp³-hybridized carbons (Fsp3) is 0.267. The Hall–Kier alpha value is -2.43. The molecule has 0 atom stereocenters. The number of nitrogens with one attached hydrogen (secondary N) is 1. The standard InChI is InChI=1S/C15H17N3O2/c1-3-12-9-14(17-11(2)16-12)18-15(19)10-20-13-7-5-4-6-8-13/h4-9H,3,10H2,1-2H3,(H,16,17,18,19). The number of carbonyl (C=O) groups excluding carboxylic acids is 1. The highest BCUT2D eigenvalue weighted by Crippen LogP contribution is 2.09. The zero-order chi connectivity index (χ0) is 14.4. The number of ether oxygens (including phenoxy) is 1. The van der Waals surface area contributed by atoms with Gasteiger partial charge in [-0.15, -0.1) is 0 Å². The quantitative estimate of drug-likeness (QED) is 0.906. The van der Waals surface area contributed by atoms with E-state index < -0.39 is 0 Å². The molecule has 1 N–H and O–H groups in total. The molecule has 0 aliphatic carbocycles. The van der Waals surface area contributed by atoms with E-state index in [-0.39, 0.29) is 12.5 Å². The molecule has 0 saturated carbocycles. The van der Waals surface area contributed by atoms with Crippen molar-refractivity contribution in [1.82, 2.24) is 9.97 Å². The lowest BCUT2D eigenvalue weighted by atomic mass is 10.3. The molecule has 1 heterocycles. The first kappa shape index (κ1) is 14.0. The van der Waals surface area contributed by atoms with Crippen molar-refractivity contribution >= 4 is 11.7 Å². The van der Waals surface area contributed by atoms with Crippen LogP contribution in [-0.4, -0.2) is 22.5 Å². The molecule has 0 aliphatic heterocycles. The monoisotopic (exact) mass is 271 g/mol. The first-order chi connectivity index (χ1) is 9.67. The topological polar surface area (TPSA) is 64.1 Å². The first-order valence-corrected chi connectivity index (χ1v) is 6.49. The fourth-order valence-electron chi connectivity index (χ4n) is 1.72. The van der Waals surface area contributed by atoms with Crippen LogP contribution in [-0.2, 0) is 11.2 Å². The number of rotatable bonds is 5. The number of hydrogen-bond acceptors (Lipinski definition) is 4. The summed E-state index contributed by atoms with van der Waals surface area (Å²) in [5.74, 6) is 1.57. The number of aryl methyl sites for hydroxylation is 2. The smallest absolute Gasteiger partial charge is 0.263 e. The summed E-state index contributed by atoms with van der Waals surface area (Å²) in [4.78, 5) is 20.2. The highest BCUT2D eigenvalue weighted by Gasteiger charge is 2.06. The van der Waals surface area contributed by atoms with Gasteiger partial charge in [-0.1, -0.05) is 25.1 Å². The molecule has 0 bridgehead atoms. The average Bonchev–Trinajstić information content (AvgIpc) is 2.45. The van der Waals surface area contributed by atoms with E-state index in [0.29, 0.717) is 17.4 Å². The van der Waals surface area contributed by atoms with Gasteiger partial charge in [-0.2, -0.15) is 0 Å². The third-order valence-electron chi connectivity index (χ3n) is 2.63. The van der Waals surface area contributed by atoms with Crippen LogP contribution < -0.4 is 10.1 Å². The van der Waals surface area contributed by atoms with Gasteiger partial charge < -0.3 is 10.1 Å². The Kier molecular flexibility index (Phi) is 4.65. The van der Waals surface area contributed by atoms with Crippen molar-refractivity contribution in [2.75, 3.05) is 11.9 Å². The summed E-state index contributed by atoms with van der Waals surface area (Å²) in [5, 5.41) is 2.71. The van der Waals surface area contributed by atoms with Gasteiger partial charge in [0.2, 0.25) is 0 Å². The molecule has 2 aromatic rings. The summed E-state index contributed by atoms with van der Waals surface area (Å²) in [5.41, 5.74) is 0.900. The van der Waals surface area contributed by atoms with E-state index in [1.54, 1.807) is 25.1 Å². The Morgan fingerprint density at radius 3 is 2.70 bits per heavy atom. The van der Waals surface area contributed by atoms with Crippen molar-refractivity contribution < 1.29 is 9.53 Å². The third kappa shape index (κ3) is 4.05. The third-order valence-corrected chi connectivity index (χ3v) is 2.63. The van der Waals surface area contributed by atoms with Crippen LogP contribution in [0.2, 0.25) is 0 Å². The predicted molar refractivity (Wildman–Crippen MR) is 76.7 cm³/mol. The van der Waals surface area contributed by atoms with Crippen LogP contribution in [0, 0.1) is 6.92 Å². The fourth-order valence-corrected chi connectivity index (χ4v) is 1.72. The molecule has 20 heavy (non-hydrogen) atoms. The van der Waals surface area contributed by atoms with E-state index in [1.165, 1.54) is 0 Å². The van der Waals surface area contributed by atoms with Crippen LogP contribution in [0.5, 0.6) is 5.75 Å². The molecule has 5 nitrogen and oxygen atoms in total. The van der Waals surface area contributed by atoms with Gasteiger partial charge in [0.05, 0.1) is 0 Å². The summed E-state index contributed by atoms with van der Waals surface area (Å²) in [7, 11) is 0. The lowest BCUT2D eigenvalue weighted by Crippen LogP contribution is -2.21. The summed E-state index contributed by atoms with van der Waals surface area (Å²) in [6, 6.07) is 11.0. The molecule has 0 aliphatic rings. The Morgan fingerprint density at radius 1 is 1.25 bits per heavy atom. The van der Waals surface area contributed by atoms with E-state index in [9.17, 15) is 4.79 Å². The molecule has 0 saturated heterocycles. The van der Waals surface area contributed by atoms with E-state index in [4.69, 9.17) is 4.74 Å². The SMILES string of the molecule is CCc1cc(NC(=O)COc2ccccc2)nc(C)n1. The number of anilines is 1. The minimum Gasteiger partial charge on any atom is -0.484 e. The number of hydrogen-bond donors (Lipinski definition) is 1. The second-order valence-electron chi connectivity index (χ2n) is 4.30. The lowest BCUT2D eigenvalue weighted by Gasteiger charge is -2.08. The highest BCUT2D eigenvalue weighted by atomic mass is 16.5. The molecule has 0 radical (unpaired) electrons. The largest absolute Gasteiger partial charge is 0.484 e. The van der Waals surface area contributed by atoms with Crippen molar-refractivity contribution in [3.8, 4) is 5.75 Å². The molecule has 2 rings (SSSR count). The minimum absolute atomic E-state index is 0.0471. The number of carbonyl (C=O) groups is 1. The minimum atomic E-state index is -0.242. The molecule has 1 aromatic carbocycles. The lowest BCUT2D eigenvalue weighted by molar-refractivity contribution is -0.118. The number of nitrogens with zero attached hydrogens (tertiary/aromatic N) is 2. The maximum Gasteiger partial charge on any atom is 0.263 e. The maximum absolute atomic E-state index is 11.8. The van der Waals surface area contributed by atoms with Crippen molar-refractivity contribution in [1.29, 1.82) is 0 Å². The van der Waals surface area contributed by atoms with Crippen LogP contribution in [0.3, 0.4) is 0 Å². The molecule has 0 unspecified atom stereocenters. The normalized spacial score (nSPS) is 10.1. The second kappa shape index (κ2) is 6.65. The number of aromatic nitrogens is 2. The average molecular weight is 271 g/mol. The van der Waals surface area contributed by atoms with Crippen LogP contribution in [0.15, 0.2) is 36.4 Å². The van der Waals surface area contributed by atoms with Gasteiger partial charge in [0.15, 0.2) is 6.61 Å². The zero-order valence-electron chi connectivity index (χ0n) is 11.6. The van der Waals surface area contributed by atoms with E-state index >= 15 is 0 Å². The number of amides is 1. The Labute approximate surface area is 118 Å². The van der Waals surface area contributed by atoms with Crippen molar-refractivity contribution in [2.45, 2.75) is 20.3 Å². The van der Waals surface area contributed by atoms with E-state index in [1.807, 2.05) is 25.1 Å². The van der Waals surface area contributed by atoms with Gasteiger partial charge in [-0.25, -0.2) is 9.97 Å². The molecule has 1 amide bonds. The van der Waals surface area contributed by atoms with Crippen LogP contribution in [0.4, 0.5) is 5.82 Å². The van der Waals surface area contributed by atoms with Gasteiger partial charge in [0.1, 0.15) is 17.4 Å². The van der Waals surface area contributed by atoms with E-state index in [2.05, 4.69) is 15.3 Å². The zero-order valence-corrected chi connectivity index (χ0v) is 11.6. The molecule has 0 fully saturated rings. The molecule has 104 valence electrons. The summed E-state index contributed by atoms with van der Waals surface area (Å²) >= 11 is 0. The van der Waals surface area contributed by atoms with Crippen molar-refractivity contribution in [2.24, 2.45) is 0 Å². The first-order valence-electron chi connectivity index (χ1n) is 6.49. The second-order valence-corrected chi connectivity index (χ2v) is 4.30. The van der Waals surface area contributed by atoms with Crippen LogP contribution >= 0.6 is 0 Å². The van der Waals surface area contributed by atoms with Gasteiger partial charge in [0, 0.05) is 11.8 Å². The van der Waals surface area contributed by atoms with Gasteiger partial charge >= 0.3 is 0 Å². The Balaban J connectivity index is 1.93. The predicted octanol–water partition coefficient (Wildman–Crippen LogP) is 2.36. The molecular formula is C15H17N3O2. The molecule has 1 aromatic heterocycles.